The Kier molecular flexibility index (Phi) is 5.64. The molecule has 3 atom stereocenters. The van der Waals surface area contributed by atoms with Gasteiger partial charge in [-0.25, -0.2) is 0 Å². The van der Waals surface area contributed by atoms with Gasteiger partial charge in [0, 0.05) is 17.4 Å². The second-order valence-electron chi connectivity index (χ2n) is 8.97. The molecular weight excluding hydrogens is 412 g/mol. The zero-order valence-corrected chi connectivity index (χ0v) is 18.8. The predicted octanol–water partition coefficient (Wildman–Crippen LogP) is 4.95. The van der Waals surface area contributed by atoms with Crippen LogP contribution in [0.25, 0.3) is 11.4 Å². The maximum absolute atomic E-state index is 5.98. The van der Waals surface area contributed by atoms with Crippen LogP contribution in [-0.4, -0.2) is 20.5 Å². The van der Waals surface area contributed by atoms with E-state index in [4.69, 9.17) is 4.74 Å². The molecule has 2 fully saturated rings. The van der Waals surface area contributed by atoms with E-state index in [1.807, 2.05) is 18.2 Å². The van der Waals surface area contributed by atoms with E-state index in [0.29, 0.717) is 18.3 Å². The molecule has 2 bridgehead atoms. The van der Waals surface area contributed by atoms with E-state index >= 15 is 0 Å². The lowest BCUT2D eigenvalue weighted by Crippen LogP contribution is -2.34. The van der Waals surface area contributed by atoms with Gasteiger partial charge in [0.05, 0.1) is 5.69 Å². The molecule has 4 N–H and O–H groups in total. The van der Waals surface area contributed by atoms with E-state index in [-0.39, 0.29) is 11.6 Å². The molecular formula is C26H28N6O. The van der Waals surface area contributed by atoms with Crippen molar-refractivity contribution in [2.45, 2.75) is 37.7 Å². The van der Waals surface area contributed by atoms with Gasteiger partial charge in [-0.1, -0.05) is 48.9 Å². The molecule has 2 aliphatic carbocycles. The van der Waals surface area contributed by atoms with Crippen LogP contribution in [0.3, 0.4) is 0 Å². The number of pyridine rings is 1. The highest BCUT2D eigenvalue weighted by Crippen LogP contribution is 2.60. The van der Waals surface area contributed by atoms with Crippen molar-refractivity contribution in [1.29, 1.82) is 0 Å². The lowest BCUT2D eigenvalue weighted by Gasteiger charge is -2.39. The number of tetrazole rings is 1. The first-order valence-corrected chi connectivity index (χ1v) is 11.2. The van der Waals surface area contributed by atoms with Gasteiger partial charge in [0.15, 0.2) is 0 Å². The van der Waals surface area contributed by atoms with Crippen molar-refractivity contribution >= 4 is 0 Å². The van der Waals surface area contributed by atoms with Crippen LogP contribution in [0, 0.1) is 11.8 Å². The fourth-order valence-electron chi connectivity index (χ4n) is 5.87. The molecule has 4 aromatic rings. The Bertz CT molecular complexity index is 1180. The van der Waals surface area contributed by atoms with Crippen LogP contribution < -0.4 is 16.0 Å². The summed E-state index contributed by atoms with van der Waals surface area (Å²) >= 11 is 0. The highest BCUT2D eigenvalue weighted by molar-refractivity contribution is 5.56. The van der Waals surface area contributed by atoms with Crippen molar-refractivity contribution in [3.63, 3.8) is 0 Å². The Balaban J connectivity index is 0.00000228. The third kappa shape index (κ3) is 3.78. The summed E-state index contributed by atoms with van der Waals surface area (Å²) in [5.41, 5.74) is 4.71. The largest absolute Gasteiger partial charge is 0.487 e. The molecule has 168 valence electrons. The Morgan fingerprint density at radius 2 is 1.73 bits per heavy atom. The van der Waals surface area contributed by atoms with Gasteiger partial charge in [-0.05, 0) is 72.1 Å². The molecule has 0 spiro atoms. The van der Waals surface area contributed by atoms with Crippen LogP contribution in [0.2, 0.25) is 0 Å². The minimum Gasteiger partial charge on any atom is -0.487 e. The molecule has 2 heterocycles. The first kappa shape index (κ1) is 21.3. The second kappa shape index (κ2) is 8.75. The van der Waals surface area contributed by atoms with Crippen LogP contribution in [0.1, 0.15) is 42.5 Å². The molecule has 0 aliphatic heterocycles. The first-order valence-electron chi connectivity index (χ1n) is 11.2. The van der Waals surface area contributed by atoms with Crippen LogP contribution >= 0.6 is 0 Å². The number of rotatable bonds is 6. The first-order chi connectivity index (χ1) is 15.8. The number of hydrogen-bond acceptors (Lipinski definition) is 5. The van der Waals surface area contributed by atoms with Crippen LogP contribution in [0.5, 0.6) is 5.75 Å². The third-order valence-electron chi connectivity index (χ3n) is 7.31. The van der Waals surface area contributed by atoms with E-state index in [0.717, 1.165) is 22.9 Å². The Morgan fingerprint density at radius 3 is 2.33 bits per heavy atom. The summed E-state index contributed by atoms with van der Waals surface area (Å²) < 4.78 is 5.98. The molecule has 2 aromatic carbocycles. The Labute approximate surface area is 193 Å². The van der Waals surface area contributed by atoms with Crippen molar-refractivity contribution in [3.8, 4) is 17.1 Å². The highest BCUT2D eigenvalue weighted by Gasteiger charge is 2.52. The summed E-state index contributed by atoms with van der Waals surface area (Å²) in [7, 11) is 0. The zero-order chi connectivity index (χ0) is 21.4. The van der Waals surface area contributed by atoms with E-state index in [1.165, 1.54) is 36.8 Å². The van der Waals surface area contributed by atoms with E-state index < -0.39 is 0 Å². The van der Waals surface area contributed by atoms with Crippen molar-refractivity contribution in [1.82, 2.24) is 31.8 Å². The van der Waals surface area contributed by atoms with Gasteiger partial charge in [0.25, 0.3) is 0 Å². The number of nitrogens with zero attached hydrogens (tertiary/aromatic N) is 5. The summed E-state index contributed by atoms with van der Waals surface area (Å²) in [6, 6.07) is 23.3. The Morgan fingerprint density at radius 1 is 0.939 bits per heavy atom. The highest BCUT2D eigenvalue weighted by atomic mass is 16.5. The van der Waals surface area contributed by atoms with Gasteiger partial charge in [-0.3, -0.25) is 15.3 Å². The SMILES string of the molecule is [NH4+].c1ccc(COc2ccc(C3(c4ccc(-c5nnn[n-]5)cc4)CC4CCC3C4)cc2)nc1. The normalized spacial score (nSPS) is 23.3. The van der Waals surface area contributed by atoms with E-state index in [9.17, 15) is 0 Å². The van der Waals surface area contributed by atoms with E-state index in [2.05, 4.69) is 74.1 Å². The van der Waals surface area contributed by atoms with Crippen molar-refractivity contribution in [2.75, 3.05) is 0 Å². The topological polar surface area (TPSA) is 111 Å². The second-order valence-corrected chi connectivity index (χ2v) is 8.97. The number of ether oxygens (including phenoxy) is 1. The summed E-state index contributed by atoms with van der Waals surface area (Å²) in [6.07, 6.45) is 6.97. The minimum atomic E-state index is 0. The zero-order valence-electron chi connectivity index (χ0n) is 18.8. The molecule has 33 heavy (non-hydrogen) atoms. The average molecular weight is 441 g/mol. The van der Waals surface area contributed by atoms with Gasteiger partial charge >= 0.3 is 0 Å². The number of aromatic nitrogens is 5. The van der Waals surface area contributed by atoms with Crippen molar-refractivity contribution in [2.24, 2.45) is 11.8 Å². The molecule has 7 nitrogen and oxygen atoms in total. The monoisotopic (exact) mass is 440 g/mol. The standard InChI is InChI=1S/C26H24N5O.H3N/c1-2-14-27-23(3-1)17-32-24-12-10-21(11-13-24)26(16-18-4-7-22(26)15-18)20-8-5-19(6-9-20)25-28-30-31-29-25;/h1-3,5-6,8-14,18,22H,4,7,15-17H2;1H3/q-1;/p+1. The number of fused-ring (bicyclic) bond motifs is 2. The van der Waals surface area contributed by atoms with Crippen LogP contribution in [0.4, 0.5) is 0 Å². The smallest absolute Gasteiger partial charge is 0.130 e. The van der Waals surface area contributed by atoms with Crippen molar-refractivity contribution < 1.29 is 4.74 Å². The third-order valence-corrected chi connectivity index (χ3v) is 7.31. The molecule has 0 saturated heterocycles. The minimum absolute atomic E-state index is 0. The van der Waals surface area contributed by atoms with Crippen LogP contribution in [0.15, 0.2) is 72.9 Å². The summed E-state index contributed by atoms with van der Waals surface area (Å²) in [6.45, 7) is 0.477. The predicted molar refractivity (Wildman–Crippen MR) is 126 cm³/mol. The summed E-state index contributed by atoms with van der Waals surface area (Å²) in [5.74, 6) is 2.94. The summed E-state index contributed by atoms with van der Waals surface area (Å²) in [4.78, 5) is 4.33. The van der Waals surface area contributed by atoms with Crippen molar-refractivity contribution in [3.05, 3.63) is 89.7 Å². The number of quaternary nitrogens is 1. The molecule has 2 aliphatic rings. The molecule has 6 rings (SSSR count). The maximum Gasteiger partial charge on any atom is 0.130 e. The quantitative estimate of drug-likeness (QED) is 0.454. The Hall–Kier alpha value is -3.58. The van der Waals surface area contributed by atoms with Gasteiger partial charge in [-0.15, -0.1) is 0 Å². The molecule has 3 unspecified atom stereocenters. The molecule has 2 saturated carbocycles. The van der Waals surface area contributed by atoms with Gasteiger partial charge < -0.3 is 16.0 Å². The lowest BCUT2D eigenvalue weighted by molar-refractivity contribution is 0.299. The molecule has 0 radical (unpaired) electrons. The fourth-order valence-corrected chi connectivity index (χ4v) is 5.87. The molecule has 0 amide bonds. The molecule has 2 aromatic heterocycles. The lowest BCUT2D eigenvalue weighted by atomic mass is 9.64. The number of hydrogen-bond donors (Lipinski definition) is 1. The number of benzene rings is 2. The van der Waals surface area contributed by atoms with E-state index in [1.54, 1.807) is 6.20 Å². The van der Waals surface area contributed by atoms with Crippen LogP contribution in [-0.2, 0) is 12.0 Å². The average Bonchev–Trinajstić information content (AvgIpc) is 3.62. The fraction of sp³-hybridized carbons (Fsp3) is 0.308. The maximum atomic E-state index is 5.98. The van der Waals surface area contributed by atoms with Gasteiger partial charge in [0.2, 0.25) is 0 Å². The molecule has 7 heteroatoms. The summed E-state index contributed by atoms with van der Waals surface area (Å²) in [5, 5.41) is 15.2. The van der Waals surface area contributed by atoms with Gasteiger partial charge in [0.1, 0.15) is 12.4 Å². The van der Waals surface area contributed by atoms with Gasteiger partial charge in [-0.2, -0.15) is 5.21 Å².